The maximum atomic E-state index is 13.1. The molecule has 1 aliphatic heterocycles. The van der Waals surface area contributed by atoms with Crippen LogP contribution in [0.4, 0.5) is 0 Å². The molecule has 1 aliphatic rings. The summed E-state index contributed by atoms with van der Waals surface area (Å²) in [7, 11) is 1.64. The van der Waals surface area contributed by atoms with E-state index >= 15 is 0 Å². The minimum Gasteiger partial charge on any atom is -0.497 e. The molecule has 0 bridgehead atoms. The number of hydrogen-bond acceptors (Lipinski definition) is 6. The van der Waals surface area contributed by atoms with Crippen molar-refractivity contribution in [3.8, 4) is 5.75 Å². The number of amides is 1. The van der Waals surface area contributed by atoms with Gasteiger partial charge in [-0.05, 0) is 23.8 Å². The summed E-state index contributed by atoms with van der Waals surface area (Å²) < 4.78 is 6.85. The van der Waals surface area contributed by atoms with Crippen LogP contribution in [0.25, 0.3) is 5.78 Å². The minimum atomic E-state index is -0.237. The van der Waals surface area contributed by atoms with Gasteiger partial charge in [0.05, 0.1) is 31.4 Å². The summed E-state index contributed by atoms with van der Waals surface area (Å²) in [6, 6.07) is 9.58. The molecule has 0 radical (unpaired) electrons. The van der Waals surface area contributed by atoms with Crippen LogP contribution < -0.4 is 4.74 Å². The number of ether oxygens (including phenoxy) is 1. The molecule has 0 spiro atoms. The predicted octanol–water partition coefficient (Wildman–Crippen LogP) is 1.64. The summed E-state index contributed by atoms with van der Waals surface area (Å²) in [5, 5.41) is 4.26. The molecule has 4 aromatic rings. The zero-order valence-corrected chi connectivity index (χ0v) is 15.1. The maximum Gasteiger partial charge on any atom is 0.293 e. The second-order valence-electron chi connectivity index (χ2n) is 6.58. The third-order valence-electron chi connectivity index (χ3n) is 4.92. The Morgan fingerprint density at radius 2 is 2.21 bits per heavy atom. The van der Waals surface area contributed by atoms with Crippen LogP contribution in [-0.4, -0.2) is 54.0 Å². The number of rotatable bonds is 3. The molecule has 1 N–H and O–H groups in total. The van der Waals surface area contributed by atoms with Crippen molar-refractivity contribution in [3.05, 3.63) is 71.8 Å². The Morgan fingerprint density at radius 3 is 3.07 bits per heavy atom. The summed E-state index contributed by atoms with van der Waals surface area (Å²) in [5.41, 5.74) is 2.89. The highest BCUT2D eigenvalue weighted by Gasteiger charge is 2.33. The molecular formula is C19H17N7O2. The van der Waals surface area contributed by atoms with Crippen molar-refractivity contribution >= 4 is 11.7 Å². The van der Waals surface area contributed by atoms with Crippen molar-refractivity contribution in [2.24, 2.45) is 0 Å². The van der Waals surface area contributed by atoms with E-state index in [0.717, 1.165) is 22.7 Å². The fraction of sp³-hybridized carbons (Fsp3) is 0.211. The first kappa shape index (κ1) is 16.4. The molecule has 0 aliphatic carbocycles. The third-order valence-corrected chi connectivity index (χ3v) is 4.92. The predicted molar refractivity (Wildman–Crippen MR) is 98.9 cm³/mol. The summed E-state index contributed by atoms with van der Waals surface area (Å²) in [5.74, 6) is 0.995. The van der Waals surface area contributed by atoms with Crippen molar-refractivity contribution in [3.63, 3.8) is 0 Å². The van der Waals surface area contributed by atoms with Crippen LogP contribution in [0.1, 0.15) is 33.5 Å². The number of fused-ring (bicyclic) bond motifs is 2. The average Bonchev–Trinajstić information content (AvgIpc) is 3.39. The van der Waals surface area contributed by atoms with Gasteiger partial charge in [0.25, 0.3) is 11.7 Å². The van der Waals surface area contributed by atoms with Gasteiger partial charge < -0.3 is 14.6 Å². The first-order chi connectivity index (χ1) is 13.7. The number of nitrogens with zero attached hydrogens (tertiary/aromatic N) is 6. The highest BCUT2D eigenvalue weighted by Crippen LogP contribution is 2.33. The van der Waals surface area contributed by atoms with Gasteiger partial charge in [-0.15, -0.1) is 5.10 Å². The lowest BCUT2D eigenvalue weighted by Gasteiger charge is -2.31. The zero-order chi connectivity index (χ0) is 19.1. The Kier molecular flexibility index (Phi) is 3.78. The van der Waals surface area contributed by atoms with Gasteiger partial charge in [-0.2, -0.15) is 4.98 Å². The summed E-state index contributed by atoms with van der Waals surface area (Å²) >= 11 is 0. The number of carbonyl (C=O) groups is 1. The Hall–Kier alpha value is -3.75. The Labute approximate surface area is 160 Å². The molecule has 140 valence electrons. The number of nitrogens with one attached hydrogen (secondary N) is 1. The number of H-pyrrole nitrogens is 1. The van der Waals surface area contributed by atoms with E-state index in [1.165, 1.54) is 4.52 Å². The molecule has 9 nitrogen and oxygen atoms in total. The van der Waals surface area contributed by atoms with Crippen LogP contribution in [0.5, 0.6) is 5.75 Å². The Morgan fingerprint density at radius 1 is 1.29 bits per heavy atom. The summed E-state index contributed by atoms with van der Waals surface area (Å²) in [6.07, 6.45) is 5.00. The van der Waals surface area contributed by atoms with Gasteiger partial charge >= 0.3 is 0 Å². The maximum absolute atomic E-state index is 13.1. The number of benzene rings is 1. The zero-order valence-electron chi connectivity index (χ0n) is 15.1. The van der Waals surface area contributed by atoms with E-state index in [1.54, 1.807) is 36.8 Å². The first-order valence-electron chi connectivity index (χ1n) is 8.85. The monoisotopic (exact) mass is 375 g/mol. The van der Waals surface area contributed by atoms with Gasteiger partial charge in [0.1, 0.15) is 5.75 Å². The van der Waals surface area contributed by atoms with E-state index in [0.29, 0.717) is 18.9 Å². The molecule has 1 unspecified atom stereocenters. The molecule has 0 saturated heterocycles. The first-order valence-corrected chi connectivity index (χ1v) is 8.85. The van der Waals surface area contributed by atoms with E-state index in [-0.39, 0.29) is 17.6 Å². The van der Waals surface area contributed by atoms with Crippen LogP contribution in [0.15, 0.2) is 49.1 Å². The number of aromatic amines is 1. The van der Waals surface area contributed by atoms with E-state index < -0.39 is 0 Å². The minimum absolute atomic E-state index is 0.0655. The molecule has 5 rings (SSSR count). The van der Waals surface area contributed by atoms with Crippen molar-refractivity contribution in [1.82, 2.24) is 34.4 Å². The van der Waals surface area contributed by atoms with Crippen LogP contribution in [0.2, 0.25) is 0 Å². The number of methoxy groups -OCH3 is 1. The van der Waals surface area contributed by atoms with E-state index in [1.807, 2.05) is 24.3 Å². The molecular weight excluding hydrogens is 358 g/mol. The molecule has 1 aromatic carbocycles. The normalized spacial score (nSPS) is 16.2. The van der Waals surface area contributed by atoms with Crippen molar-refractivity contribution in [1.29, 1.82) is 0 Å². The van der Waals surface area contributed by atoms with Gasteiger partial charge in [-0.3, -0.25) is 4.79 Å². The van der Waals surface area contributed by atoms with Crippen molar-refractivity contribution in [2.75, 3.05) is 13.7 Å². The molecule has 28 heavy (non-hydrogen) atoms. The van der Waals surface area contributed by atoms with Crippen LogP contribution in [0, 0.1) is 0 Å². The van der Waals surface area contributed by atoms with E-state index in [9.17, 15) is 4.79 Å². The number of carbonyl (C=O) groups excluding carboxylic acids is 1. The molecule has 1 atom stereocenters. The van der Waals surface area contributed by atoms with Crippen molar-refractivity contribution < 1.29 is 9.53 Å². The number of imidazole rings is 1. The molecule has 0 fully saturated rings. The topological polar surface area (TPSA) is 101 Å². The molecule has 0 saturated carbocycles. The van der Waals surface area contributed by atoms with Gasteiger partial charge in [-0.1, -0.05) is 12.1 Å². The molecule has 9 heteroatoms. The van der Waals surface area contributed by atoms with Crippen molar-refractivity contribution in [2.45, 2.75) is 12.5 Å². The second-order valence-corrected chi connectivity index (χ2v) is 6.58. The molecule has 4 heterocycles. The quantitative estimate of drug-likeness (QED) is 0.584. The standard InChI is InChI=1S/C19H17N7O2/c1-28-13-5-2-4-12(8-13)14-9-25(10-15-16(14)22-11-21-15)18(27)17-23-19-20-6-3-7-26(19)24-17/h2-8,11,14H,9-10H2,1H3,(H,21,22). The lowest BCUT2D eigenvalue weighted by Crippen LogP contribution is -2.39. The lowest BCUT2D eigenvalue weighted by molar-refractivity contribution is 0.0709. The van der Waals surface area contributed by atoms with Gasteiger partial charge in [0.2, 0.25) is 5.82 Å². The smallest absolute Gasteiger partial charge is 0.293 e. The van der Waals surface area contributed by atoms with Gasteiger partial charge in [-0.25, -0.2) is 14.5 Å². The number of hydrogen-bond donors (Lipinski definition) is 1. The Balaban J connectivity index is 1.50. The van der Waals surface area contributed by atoms with Gasteiger partial charge in [0.15, 0.2) is 0 Å². The highest BCUT2D eigenvalue weighted by atomic mass is 16.5. The third kappa shape index (κ3) is 2.68. The second kappa shape index (κ2) is 6.45. The van der Waals surface area contributed by atoms with Crippen LogP contribution in [-0.2, 0) is 6.54 Å². The van der Waals surface area contributed by atoms with Crippen LogP contribution >= 0.6 is 0 Å². The van der Waals surface area contributed by atoms with Gasteiger partial charge in [0, 0.05) is 24.9 Å². The van der Waals surface area contributed by atoms with E-state index in [4.69, 9.17) is 4.74 Å². The molecule has 1 amide bonds. The fourth-order valence-electron chi connectivity index (χ4n) is 3.56. The fourth-order valence-corrected chi connectivity index (χ4v) is 3.56. The largest absolute Gasteiger partial charge is 0.497 e. The Bertz CT molecular complexity index is 1130. The summed E-state index contributed by atoms with van der Waals surface area (Å²) in [4.78, 5) is 30.9. The van der Waals surface area contributed by atoms with E-state index in [2.05, 4.69) is 25.0 Å². The number of aromatic nitrogens is 6. The highest BCUT2D eigenvalue weighted by molar-refractivity contribution is 5.91. The average molecular weight is 375 g/mol. The summed E-state index contributed by atoms with van der Waals surface area (Å²) in [6.45, 7) is 0.907. The van der Waals surface area contributed by atoms with Crippen LogP contribution in [0.3, 0.4) is 0 Å². The molecule has 3 aromatic heterocycles. The SMILES string of the molecule is COc1cccc(C2CN(C(=O)c3nc4ncccn4n3)Cc3[nH]cnc32)c1. The lowest BCUT2D eigenvalue weighted by atomic mass is 9.90.